The van der Waals surface area contributed by atoms with Gasteiger partial charge in [-0.25, -0.2) is 0 Å². The summed E-state index contributed by atoms with van der Waals surface area (Å²) in [4.78, 5) is 2.36. The van der Waals surface area contributed by atoms with E-state index in [1.807, 2.05) is 0 Å². The lowest BCUT2D eigenvalue weighted by molar-refractivity contribution is 0.0493. The lowest BCUT2D eigenvalue weighted by Crippen LogP contribution is -2.39. The molecule has 2 aliphatic carbocycles. The summed E-state index contributed by atoms with van der Waals surface area (Å²) in [5.41, 5.74) is 0.155. The van der Waals surface area contributed by atoms with E-state index in [0.717, 1.165) is 32.2 Å². The van der Waals surface area contributed by atoms with Crippen molar-refractivity contribution in [2.24, 2.45) is 11.3 Å². The number of hydrogen-bond acceptors (Lipinski definition) is 3. The van der Waals surface area contributed by atoms with Crippen LogP contribution >= 0.6 is 0 Å². The molecular weight excluding hydrogens is 238 g/mol. The third-order valence-corrected chi connectivity index (χ3v) is 4.77. The van der Waals surface area contributed by atoms with Gasteiger partial charge < -0.3 is 14.7 Å². The van der Waals surface area contributed by atoms with E-state index in [1.54, 1.807) is 0 Å². The molecule has 0 radical (unpaired) electrons. The minimum absolute atomic E-state index is 0.155. The predicted molar refractivity (Wildman–Crippen MR) is 78.3 cm³/mol. The van der Waals surface area contributed by atoms with Gasteiger partial charge in [0.2, 0.25) is 0 Å². The van der Waals surface area contributed by atoms with Crippen molar-refractivity contribution in [3.05, 3.63) is 0 Å². The average molecular weight is 269 g/mol. The highest BCUT2D eigenvalue weighted by atomic mass is 16.5. The molecule has 0 bridgehead atoms. The summed E-state index contributed by atoms with van der Waals surface area (Å²) < 4.78 is 5.70. The second kappa shape index (κ2) is 7.61. The van der Waals surface area contributed by atoms with E-state index in [-0.39, 0.29) is 5.41 Å². The molecule has 0 heterocycles. The topological polar surface area (TPSA) is 32.7 Å². The predicted octanol–water partition coefficient (Wildman–Crippen LogP) is 2.68. The maximum Gasteiger partial charge on any atom is 0.0593 e. The molecule has 0 aromatic rings. The number of nitrogens with zero attached hydrogens (tertiary/aromatic N) is 1. The fraction of sp³-hybridized carbons (Fsp3) is 1.00. The molecule has 2 aliphatic rings. The van der Waals surface area contributed by atoms with Crippen LogP contribution in [0, 0.1) is 11.3 Å². The summed E-state index contributed by atoms with van der Waals surface area (Å²) in [7, 11) is 2.17. The smallest absolute Gasteiger partial charge is 0.0593 e. The van der Waals surface area contributed by atoms with Crippen molar-refractivity contribution in [2.45, 2.75) is 51.4 Å². The van der Waals surface area contributed by atoms with Crippen LogP contribution in [0.15, 0.2) is 0 Å². The molecule has 0 amide bonds. The Hall–Kier alpha value is -0.120. The molecule has 0 unspecified atom stereocenters. The van der Waals surface area contributed by atoms with Crippen molar-refractivity contribution in [3.63, 3.8) is 0 Å². The highest BCUT2D eigenvalue weighted by molar-refractivity contribution is 4.83. The monoisotopic (exact) mass is 269 g/mol. The van der Waals surface area contributed by atoms with Gasteiger partial charge in [0, 0.05) is 31.7 Å². The second-order valence-corrected chi connectivity index (χ2v) is 6.83. The van der Waals surface area contributed by atoms with Gasteiger partial charge in [0.15, 0.2) is 0 Å². The zero-order valence-corrected chi connectivity index (χ0v) is 12.6. The van der Waals surface area contributed by atoms with Gasteiger partial charge in [-0.1, -0.05) is 25.7 Å². The molecule has 0 spiro atoms. The highest BCUT2D eigenvalue weighted by Crippen LogP contribution is 2.35. The minimum Gasteiger partial charge on any atom is -0.396 e. The summed E-state index contributed by atoms with van der Waals surface area (Å²) in [5.74, 6) is 0.857. The van der Waals surface area contributed by atoms with E-state index in [9.17, 15) is 5.11 Å². The molecular formula is C16H31NO2. The molecule has 1 N–H and O–H groups in total. The van der Waals surface area contributed by atoms with Gasteiger partial charge in [-0.05, 0) is 38.6 Å². The first-order valence-electron chi connectivity index (χ1n) is 8.11. The molecule has 0 aliphatic heterocycles. The van der Waals surface area contributed by atoms with Gasteiger partial charge in [0.25, 0.3) is 0 Å². The average Bonchev–Trinajstić information content (AvgIpc) is 3.22. The molecule has 2 fully saturated rings. The van der Waals surface area contributed by atoms with Crippen LogP contribution in [0.25, 0.3) is 0 Å². The SMILES string of the molecule is CN(CCOCC1CC1)CC1(CO)CCCCCC1. The lowest BCUT2D eigenvalue weighted by atomic mass is 9.80. The third-order valence-electron chi connectivity index (χ3n) is 4.77. The number of rotatable bonds is 8. The molecule has 3 nitrogen and oxygen atoms in total. The Morgan fingerprint density at radius 2 is 1.84 bits per heavy atom. The Bertz CT molecular complexity index is 245. The van der Waals surface area contributed by atoms with Crippen LogP contribution < -0.4 is 0 Å². The largest absolute Gasteiger partial charge is 0.396 e. The lowest BCUT2D eigenvalue weighted by Gasteiger charge is -2.35. The van der Waals surface area contributed by atoms with Gasteiger partial charge in [-0.3, -0.25) is 0 Å². The Morgan fingerprint density at radius 3 is 2.42 bits per heavy atom. The third kappa shape index (κ3) is 5.41. The van der Waals surface area contributed by atoms with Crippen molar-refractivity contribution in [1.82, 2.24) is 4.90 Å². The van der Waals surface area contributed by atoms with Crippen molar-refractivity contribution in [1.29, 1.82) is 0 Å². The minimum atomic E-state index is 0.155. The molecule has 0 atom stereocenters. The number of likely N-dealkylation sites (N-methyl/N-ethyl adjacent to an activating group) is 1. The van der Waals surface area contributed by atoms with E-state index in [4.69, 9.17) is 4.74 Å². The molecule has 0 aromatic heterocycles. The first-order valence-corrected chi connectivity index (χ1v) is 8.11. The molecule has 2 rings (SSSR count). The Labute approximate surface area is 118 Å². The van der Waals surface area contributed by atoms with Crippen molar-refractivity contribution in [3.8, 4) is 0 Å². The van der Waals surface area contributed by atoms with Crippen molar-refractivity contribution < 1.29 is 9.84 Å². The maximum atomic E-state index is 9.81. The standard InChI is InChI=1S/C16H31NO2/c1-17(10-11-19-12-15-6-7-15)13-16(14-18)8-4-2-3-5-9-16/h15,18H,2-14H2,1H3. The van der Waals surface area contributed by atoms with Gasteiger partial charge >= 0.3 is 0 Å². The number of aliphatic hydroxyl groups is 1. The normalized spacial score (nSPS) is 23.5. The van der Waals surface area contributed by atoms with E-state index in [0.29, 0.717) is 6.61 Å². The first kappa shape index (κ1) is 15.3. The molecule has 0 aromatic carbocycles. The summed E-state index contributed by atoms with van der Waals surface area (Å²) in [5, 5.41) is 9.81. The van der Waals surface area contributed by atoms with Crippen LogP contribution in [0.3, 0.4) is 0 Å². The van der Waals surface area contributed by atoms with Crippen molar-refractivity contribution >= 4 is 0 Å². The molecule has 0 saturated heterocycles. The Balaban J connectivity index is 1.66. The maximum absolute atomic E-state index is 9.81. The Morgan fingerprint density at radius 1 is 1.16 bits per heavy atom. The zero-order chi connectivity index (χ0) is 13.6. The summed E-state index contributed by atoms with van der Waals surface area (Å²) in [6.07, 6.45) is 10.4. The fourth-order valence-corrected chi connectivity index (χ4v) is 3.25. The van der Waals surface area contributed by atoms with E-state index >= 15 is 0 Å². The molecule has 2 saturated carbocycles. The summed E-state index contributed by atoms with van der Waals surface area (Å²) in [6.45, 7) is 4.17. The second-order valence-electron chi connectivity index (χ2n) is 6.83. The van der Waals surface area contributed by atoms with Gasteiger partial charge in [0.05, 0.1) is 6.61 Å². The van der Waals surface area contributed by atoms with E-state index in [2.05, 4.69) is 11.9 Å². The van der Waals surface area contributed by atoms with E-state index < -0.39 is 0 Å². The van der Waals surface area contributed by atoms with E-state index in [1.165, 1.54) is 51.4 Å². The Kier molecular flexibility index (Phi) is 6.11. The molecule has 19 heavy (non-hydrogen) atoms. The fourth-order valence-electron chi connectivity index (χ4n) is 3.25. The quantitative estimate of drug-likeness (QED) is 0.543. The van der Waals surface area contributed by atoms with Crippen LogP contribution in [0.4, 0.5) is 0 Å². The summed E-state index contributed by atoms with van der Waals surface area (Å²) in [6, 6.07) is 0. The van der Waals surface area contributed by atoms with Gasteiger partial charge in [-0.15, -0.1) is 0 Å². The van der Waals surface area contributed by atoms with Crippen LogP contribution in [-0.2, 0) is 4.74 Å². The number of ether oxygens (including phenoxy) is 1. The number of aliphatic hydroxyl groups excluding tert-OH is 1. The van der Waals surface area contributed by atoms with Crippen LogP contribution in [0.1, 0.15) is 51.4 Å². The molecule has 3 heteroatoms. The van der Waals surface area contributed by atoms with Crippen LogP contribution in [0.5, 0.6) is 0 Å². The van der Waals surface area contributed by atoms with Gasteiger partial charge in [-0.2, -0.15) is 0 Å². The first-order chi connectivity index (χ1) is 9.24. The highest BCUT2D eigenvalue weighted by Gasteiger charge is 2.31. The van der Waals surface area contributed by atoms with Gasteiger partial charge in [0.1, 0.15) is 0 Å². The number of hydrogen-bond donors (Lipinski definition) is 1. The van der Waals surface area contributed by atoms with Crippen molar-refractivity contribution in [2.75, 3.05) is 40.0 Å². The van der Waals surface area contributed by atoms with Crippen LogP contribution in [-0.4, -0.2) is 50.0 Å². The summed E-state index contributed by atoms with van der Waals surface area (Å²) >= 11 is 0. The van der Waals surface area contributed by atoms with Crippen LogP contribution in [0.2, 0.25) is 0 Å². The zero-order valence-electron chi connectivity index (χ0n) is 12.6. The molecule has 112 valence electrons.